The fourth-order valence-electron chi connectivity index (χ4n) is 7.62. The molecule has 5 heterocycles. The third-order valence-corrected chi connectivity index (χ3v) is 10.7. The summed E-state index contributed by atoms with van der Waals surface area (Å²) in [5, 5.41) is 16.6. The lowest BCUT2D eigenvalue weighted by molar-refractivity contribution is 0.0298. The van der Waals surface area contributed by atoms with Gasteiger partial charge in [0.15, 0.2) is 5.69 Å². The van der Waals surface area contributed by atoms with Crippen molar-refractivity contribution in [3.8, 4) is 11.8 Å². The highest BCUT2D eigenvalue weighted by Gasteiger charge is 2.44. The first-order chi connectivity index (χ1) is 24.2. The van der Waals surface area contributed by atoms with Crippen LogP contribution >= 0.6 is 11.6 Å². The summed E-state index contributed by atoms with van der Waals surface area (Å²) >= 11 is 6.53. The lowest BCUT2D eigenvalue weighted by atomic mass is 10.0. The maximum absolute atomic E-state index is 14.7. The van der Waals surface area contributed by atoms with E-state index < -0.39 is 5.82 Å². The number of aromatic hydroxyl groups is 1. The highest BCUT2D eigenvalue weighted by molar-refractivity contribution is 6.37. The summed E-state index contributed by atoms with van der Waals surface area (Å²) in [6, 6.07) is 8.44. The first-order valence-electron chi connectivity index (χ1n) is 17.4. The molecule has 2 aromatic carbocycles. The van der Waals surface area contributed by atoms with Gasteiger partial charge < -0.3 is 34.2 Å². The number of morpholine rings is 1. The molecule has 3 aliphatic heterocycles. The molecule has 8 rings (SSSR count). The molecule has 0 unspecified atom stereocenters. The van der Waals surface area contributed by atoms with Gasteiger partial charge in [-0.3, -0.25) is 9.48 Å². The highest BCUT2D eigenvalue weighted by Crippen LogP contribution is 2.46. The average Bonchev–Trinajstić information content (AvgIpc) is 3.81. The number of amides is 1. The van der Waals surface area contributed by atoms with Gasteiger partial charge in [0.1, 0.15) is 17.4 Å². The zero-order chi connectivity index (χ0) is 34.6. The summed E-state index contributed by atoms with van der Waals surface area (Å²) in [5.74, 6) is 0.326. The van der Waals surface area contributed by atoms with Crippen LogP contribution in [0.3, 0.4) is 0 Å². The molecule has 2 aromatic heterocycles. The topological polar surface area (TPSA) is 112 Å². The molecule has 50 heavy (non-hydrogen) atoms. The highest BCUT2D eigenvalue weighted by atomic mass is 35.5. The molecule has 1 amide bonds. The van der Waals surface area contributed by atoms with E-state index in [1.807, 2.05) is 10.7 Å². The lowest BCUT2D eigenvalue weighted by Gasteiger charge is -2.34. The van der Waals surface area contributed by atoms with Crippen molar-refractivity contribution in [1.82, 2.24) is 29.5 Å². The van der Waals surface area contributed by atoms with E-state index >= 15 is 0 Å². The van der Waals surface area contributed by atoms with Crippen molar-refractivity contribution >= 4 is 39.8 Å². The van der Waals surface area contributed by atoms with Crippen LogP contribution in [0.4, 0.5) is 15.9 Å². The maximum Gasteiger partial charge on any atom is 0.318 e. The van der Waals surface area contributed by atoms with E-state index in [1.165, 1.54) is 6.07 Å². The van der Waals surface area contributed by atoms with Gasteiger partial charge in [0.2, 0.25) is 0 Å². The molecular formula is C36H42ClFN8O4. The smallest absolute Gasteiger partial charge is 0.318 e. The van der Waals surface area contributed by atoms with Crippen LogP contribution in [0.15, 0.2) is 30.3 Å². The van der Waals surface area contributed by atoms with Crippen LogP contribution in [0.25, 0.3) is 10.8 Å². The molecule has 0 radical (unpaired) electrons. The molecule has 264 valence electrons. The van der Waals surface area contributed by atoms with Gasteiger partial charge in [-0.15, -0.1) is 0 Å². The Hall–Kier alpha value is -4.20. The second-order valence-electron chi connectivity index (χ2n) is 14.3. The third kappa shape index (κ3) is 6.42. The van der Waals surface area contributed by atoms with Gasteiger partial charge in [0.25, 0.3) is 5.91 Å². The number of fused-ring (bicyclic) bond motifs is 3. The number of hydrogen-bond donors (Lipinski definition) is 1. The van der Waals surface area contributed by atoms with Crippen molar-refractivity contribution in [3.63, 3.8) is 0 Å². The van der Waals surface area contributed by atoms with Gasteiger partial charge in [-0.05, 0) is 63.4 Å². The first-order valence-corrected chi connectivity index (χ1v) is 17.8. The number of benzene rings is 2. The summed E-state index contributed by atoms with van der Waals surface area (Å²) in [7, 11) is 4.16. The number of anilines is 2. The minimum Gasteiger partial charge on any atom is -0.508 e. The van der Waals surface area contributed by atoms with Crippen molar-refractivity contribution in [2.75, 3.05) is 76.4 Å². The molecule has 1 aliphatic carbocycles. The van der Waals surface area contributed by atoms with Gasteiger partial charge in [-0.1, -0.05) is 17.7 Å². The van der Waals surface area contributed by atoms with Gasteiger partial charge >= 0.3 is 6.01 Å². The minimum atomic E-state index is -0.509. The van der Waals surface area contributed by atoms with Crippen LogP contribution in [0.5, 0.6) is 11.8 Å². The van der Waals surface area contributed by atoms with Crippen molar-refractivity contribution < 1.29 is 23.8 Å². The van der Waals surface area contributed by atoms with E-state index in [0.29, 0.717) is 93.7 Å². The van der Waals surface area contributed by atoms with Gasteiger partial charge in [-0.2, -0.15) is 15.1 Å². The van der Waals surface area contributed by atoms with Crippen molar-refractivity contribution in [2.45, 2.75) is 45.3 Å². The molecule has 0 bridgehead atoms. The van der Waals surface area contributed by atoms with Crippen molar-refractivity contribution in [2.24, 2.45) is 5.41 Å². The summed E-state index contributed by atoms with van der Waals surface area (Å²) < 4.78 is 28.5. The van der Waals surface area contributed by atoms with Crippen molar-refractivity contribution in [3.05, 3.63) is 63.8 Å². The predicted molar refractivity (Wildman–Crippen MR) is 188 cm³/mol. The van der Waals surface area contributed by atoms with Gasteiger partial charge in [-0.25, -0.2) is 4.39 Å². The number of rotatable bonds is 8. The molecule has 0 spiro atoms. The summed E-state index contributed by atoms with van der Waals surface area (Å²) in [6.07, 6.45) is 3.64. The summed E-state index contributed by atoms with van der Waals surface area (Å²) in [6.45, 7) is 6.63. The molecule has 1 saturated carbocycles. The molecule has 1 saturated heterocycles. The van der Waals surface area contributed by atoms with E-state index in [1.54, 1.807) is 23.1 Å². The number of halogens is 2. The SMILES string of the molecule is CN(C)CC1(COc2nc3c(c(N4CCCn5nc(C(=O)N6CCOCC6)cc5C4)n2)CCN(c2cc(O)cc4ccc(F)c(Cl)c24)C3)CC1. The van der Waals surface area contributed by atoms with Gasteiger partial charge in [0, 0.05) is 61.7 Å². The zero-order valence-electron chi connectivity index (χ0n) is 28.5. The van der Waals surface area contributed by atoms with Crippen molar-refractivity contribution in [1.29, 1.82) is 0 Å². The van der Waals surface area contributed by atoms with Gasteiger partial charge in [0.05, 0.1) is 55.0 Å². The molecule has 12 nitrogen and oxygen atoms in total. The second-order valence-corrected chi connectivity index (χ2v) is 14.7. The molecule has 4 aliphatic rings. The Morgan fingerprint density at radius 3 is 2.66 bits per heavy atom. The lowest BCUT2D eigenvalue weighted by Crippen LogP contribution is -2.40. The number of aromatic nitrogens is 4. The number of hydrogen-bond acceptors (Lipinski definition) is 10. The molecule has 4 aromatic rings. The molecule has 0 atom stereocenters. The predicted octanol–water partition coefficient (Wildman–Crippen LogP) is 4.49. The molecule has 2 fully saturated rings. The van der Waals surface area contributed by atoms with Crippen LogP contribution < -0.4 is 14.5 Å². The third-order valence-electron chi connectivity index (χ3n) is 10.3. The Morgan fingerprint density at radius 1 is 1.06 bits per heavy atom. The van der Waals surface area contributed by atoms with Crippen LogP contribution in [-0.2, 0) is 30.8 Å². The van der Waals surface area contributed by atoms with Crippen LogP contribution in [0.2, 0.25) is 5.02 Å². The number of phenolic OH excluding ortho intramolecular Hbond substituents is 1. The molecule has 1 N–H and O–H groups in total. The second kappa shape index (κ2) is 13.2. The first kappa shape index (κ1) is 33.0. The van der Waals surface area contributed by atoms with Crippen LogP contribution in [0.1, 0.15) is 46.7 Å². The Kier molecular flexibility index (Phi) is 8.68. The van der Waals surface area contributed by atoms with E-state index in [2.05, 4.69) is 28.8 Å². The normalized spacial score (nSPS) is 18.6. The Balaban J connectivity index is 1.13. The zero-order valence-corrected chi connectivity index (χ0v) is 29.3. The number of nitrogens with zero attached hydrogens (tertiary/aromatic N) is 8. The van der Waals surface area contributed by atoms with E-state index in [9.17, 15) is 14.3 Å². The van der Waals surface area contributed by atoms with Crippen LogP contribution in [-0.4, -0.2) is 107 Å². The monoisotopic (exact) mass is 704 g/mol. The quantitative estimate of drug-likeness (QED) is 0.282. The fraction of sp³-hybridized carbons (Fsp3) is 0.500. The van der Waals surface area contributed by atoms with Crippen LogP contribution in [0, 0.1) is 11.2 Å². The summed E-state index contributed by atoms with van der Waals surface area (Å²) in [5.41, 5.74) is 4.00. The number of carbonyl (C=O) groups excluding carboxylic acids is 1. The molecule has 14 heteroatoms. The van der Waals surface area contributed by atoms with E-state index in [4.69, 9.17) is 36.1 Å². The number of phenols is 1. The Bertz CT molecular complexity index is 1940. The standard InChI is InChI=1S/C36H42ClFN8O4/c1-42(2)21-36(7-8-36)22-50-35-39-29-20-44(30-18-25(47)16-23-4-5-27(38)32(37)31(23)30)11-6-26(29)33(40-35)45-9-3-10-46-24(19-45)17-28(41-46)34(48)43-12-14-49-15-13-43/h4-5,16-18,47H,3,6-15,19-22H2,1-2H3. The number of carbonyl (C=O) groups is 1. The Morgan fingerprint density at radius 2 is 1.88 bits per heavy atom. The summed E-state index contributed by atoms with van der Waals surface area (Å²) in [4.78, 5) is 31.7. The van der Waals surface area contributed by atoms with E-state index in [-0.39, 0.29) is 22.1 Å². The number of ether oxygens (including phenoxy) is 2. The largest absolute Gasteiger partial charge is 0.508 e. The minimum absolute atomic E-state index is 0.0268. The maximum atomic E-state index is 14.7. The Labute approximate surface area is 295 Å². The number of aryl methyl sites for hydroxylation is 1. The molecular weight excluding hydrogens is 663 g/mol. The average molecular weight is 705 g/mol. The van der Waals surface area contributed by atoms with E-state index in [0.717, 1.165) is 55.1 Å². The fourth-order valence-corrected chi connectivity index (χ4v) is 7.89.